The standard InChI is InChI=1S/C21H21N3O4S/c1-4-17-18(20(25)28-3)19(14-8-10-15(11-9-14)24(26)27)22-21(29)23(17)16-7-5-6-13(2)12-16/h5-12,19H,4H2,1-3H3,(H,22,29)/t19-/m0/s1. The van der Waals surface area contributed by atoms with Crippen LogP contribution >= 0.6 is 12.2 Å². The molecule has 1 aliphatic heterocycles. The summed E-state index contributed by atoms with van der Waals surface area (Å²) in [6.45, 7) is 3.93. The van der Waals surface area contributed by atoms with Gasteiger partial charge in [0.15, 0.2) is 5.11 Å². The summed E-state index contributed by atoms with van der Waals surface area (Å²) in [7, 11) is 1.33. The first-order chi connectivity index (χ1) is 13.9. The molecule has 0 fully saturated rings. The van der Waals surface area contributed by atoms with Gasteiger partial charge in [0.2, 0.25) is 0 Å². The molecule has 0 aliphatic carbocycles. The van der Waals surface area contributed by atoms with Crippen molar-refractivity contribution in [1.29, 1.82) is 0 Å². The fraction of sp³-hybridized carbons (Fsp3) is 0.238. The van der Waals surface area contributed by atoms with E-state index in [-0.39, 0.29) is 5.69 Å². The summed E-state index contributed by atoms with van der Waals surface area (Å²) in [5.74, 6) is -0.474. The zero-order valence-corrected chi connectivity index (χ0v) is 17.2. The lowest BCUT2D eigenvalue weighted by Gasteiger charge is -2.38. The third kappa shape index (κ3) is 3.97. The molecule has 1 N–H and O–H groups in total. The molecule has 0 saturated carbocycles. The average Bonchev–Trinajstić information content (AvgIpc) is 2.72. The summed E-state index contributed by atoms with van der Waals surface area (Å²) >= 11 is 5.64. The number of non-ortho nitro benzene ring substituents is 1. The summed E-state index contributed by atoms with van der Waals surface area (Å²) < 4.78 is 5.06. The number of allylic oxidation sites excluding steroid dienone is 1. The number of nitrogens with zero attached hydrogens (tertiary/aromatic N) is 2. The van der Waals surface area contributed by atoms with Gasteiger partial charge in [0, 0.05) is 23.5 Å². The molecule has 2 aromatic carbocycles. The molecule has 29 heavy (non-hydrogen) atoms. The Morgan fingerprint density at radius 3 is 2.52 bits per heavy atom. The molecule has 8 heteroatoms. The number of benzene rings is 2. The summed E-state index contributed by atoms with van der Waals surface area (Å²) in [5.41, 5.74) is 3.75. The first-order valence-corrected chi connectivity index (χ1v) is 9.51. The molecule has 3 rings (SSSR count). The van der Waals surface area contributed by atoms with Crippen molar-refractivity contribution in [2.24, 2.45) is 0 Å². The summed E-state index contributed by atoms with van der Waals surface area (Å²) in [5, 5.41) is 14.6. The lowest BCUT2D eigenvalue weighted by atomic mass is 9.93. The topological polar surface area (TPSA) is 84.7 Å². The molecule has 2 aromatic rings. The van der Waals surface area contributed by atoms with Crippen LogP contribution in [-0.2, 0) is 9.53 Å². The van der Waals surface area contributed by atoms with Crippen molar-refractivity contribution in [3.8, 4) is 0 Å². The molecule has 7 nitrogen and oxygen atoms in total. The molecule has 0 radical (unpaired) electrons. The minimum absolute atomic E-state index is 0.0205. The number of ether oxygens (including phenoxy) is 1. The lowest BCUT2D eigenvalue weighted by Crippen LogP contribution is -2.48. The highest BCUT2D eigenvalue weighted by molar-refractivity contribution is 7.80. The number of aryl methyl sites for hydroxylation is 1. The number of rotatable bonds is 5. The predicted octanol–water partition coefficient (Wildman–Crippen LogP) is 4.18. The molecule has 0 aromatic heterocycles. The zero-order valence-electron chi connectivity index (χ0n) is 16.3. The number of thiocarbonyl (C=S) groups is 1. The second kappa shape index (κ2) is 8.40. The summed E-state index contributed by atoms with van der Waals surface area (Å²) in [6.07, 6.45) is 0.545. The molecular weight excluding hydrogens is 390 g/mol. The Kier molecular flexibility index (Phi) is 5.93. The lowest BCUT2D eigenvalue weighted by molar-refractivity contribution is -0.384. The zero-order chi connectivity index (χ0) is 21.1. The molecule has 0 bridgehead atoms. The van der Waals surface area contributed by atoms with Crippen molar-refractivity contribution in [1.82, 2.24) is 5.32 Å². The van der Waals surface area contributed by atoms with Gasteiger partial charge >= 0.3 is 5.97 Å². The highest BCUT2D eigenvalue weighted by Gasteiger charge is 2.36. The van der Waals surface area contributed by atoms with E-state index < -0.39 is 16.9 Å². The van der Waals surface area contributed by atoms with Crippen molar-refractivity contribution in [3.63, 3.8) is 0 Å². The summed E-state index contributed by atoms with van der Waals surface area (Å²) in [6, 6.07) is 13.3. The first kappa shape index (κ1) is 20.5. The molecule has 0 saturated heterocycles. The van der Waals surface area contributed by atoms with Crippen LogP contribution in [0.25, 0.3) is 0 Å². The average molecular weight is 411 g/mol. The van der Waals surface area contributed by atoms with Gasteiger partial charge in [-0.05, 0) is 61.0 Å². The van der Waals surface area contributed by atoms with Crippen molar-refractivity contribution in [2.75, 3.05) is 12.0 Å². The summed E-state index contributed by atoms with van der Waals surface area (Å²) in [4.78, 5) is 25.1. The monoisotopic (exact) mass is 411 g/mol. The third-order valence-corrected chi connectivity index (χ3v) is 5.08. The van der Waals surface area contributed by atoms with Crippen molar-refractivity contribution in [3.05, 3.63) is 81.0 Å². The Morgan fingerprint density at radius 2 is 1.97 bits per heavy atom. The number of methoxy groups -OCH3 is 1. The van der Waals surface area contributed by atoms with E-state index in [0.29, 0.717) is 22.7 Å². The molecule has 0 unspecified atom stereocenters. The Bertz CT molecular complexity index is 1000. The maximum absolute atomic E-state index is 12.7. The van der Waals surface area contributed by atoms with Gasteiger partial charge in [-0.1, -0.05) is 19.1 Å². The van der Waals surface area contributed by atoms with E-state index in [1.807, 2.05) is 43.0 Å². The maximum Gasteiger partial charge on any atom is 0.337 e. The minimum atomic E-state index is -0.563. The van der Waals surface area contributed by atoms with E-state index in [4.69, 9.17) is 17.0 Å². The van der Waals surface area contributed by atoms with Crippen LogP contribution in [0.2, 0.25) is 0 Å². The maximum atomic E-state index is 12.7. The van der Waals surface area contributed by atoms with E-state index in [1.54, 1.807) is 12.1 Å². The van der Waals surface area contributed by atoms with Gasteiger partial charge < -0.3 is 10.1 Å². The number of carbonyl (C=O) groups excluding carboxylic acids is 1. The largest absolute Gasteiger partial charge is 0.466 e. The van der Waals surface area contributed by atoms with Gasteiger partial charge in [0.05, 0.1) is 23.6 Å². The molecule has 0 amide bonds. The fourth-order valence-corrected chi connectivity index (χ4v) is 3.78. The normalized spacial score (nSPS) is 16.4. The second-order valence-corrected chi connectivity index (χ2v) is 7.00. The number of hydrogen-bond donors (Lipinski definition) is 1. The minimum Gasteiger partial charge on any atom is -0.466 e. The van der Waals surface area contributed by atoms with Crippen LogP contribution in [0.1, 0.15) is 30.5 Å². The van der Waals surface area contributed by atoms with Gasteiger partial charge in [0.25, 0.3) is 5.69 Å². The molecule has 150 valence electrons. The quantitative estimate of drug-likeness (QED) is 0.342. The van der Waals surface area contributed by atoms with Crippen molar-refractivity contribution < 1.29 is 14.5 Å². The van der Waals surface area contributed by atoms with Gasteiger partial charge in [-0.2, -0.15) is 0 Å². The highest BCUT2D eigenvalue weighted by atomic mass is 32.1. The van der Waals surface area contributed by atoms with E-state index in [2.05, 4.69) is 5.32 Å². The number of esters is 1. The van der Waals surface area contributed by atoms with Crippen LogP contribution in [0.3, 0.4) is 0 Å². The Hall–Kier alpha value is -3.26. The molecule has 0 spiro atoms. The van der Waals surface area contributed by atoms with Crippen LogP contribution in [0, 0.1) is 17.0 Å². The first-order valence-electron chi connectivity index (χ1n) is 9.10. The number of carbonyl (C=O) groups is 1. The van der Waals surface area contributed by atoms with Crippen LogP contribution in [0.15, 0.2) is 59.8 Å². The van der Waals surface area contributed by atoms with Crippen LogP contribution in [-0.4, -0.2) is 23.1 Å². The van der Waals surface area contributed by atoms with Crippen molar-refractivity contribution in [2.45, 2.75) is 26.3 Å². The van der Waals surface area contributed by atoms with Crippen LogP contribution in [0.5, 0.6) is 0 Å². The van der Waals surface area contributed by atoms with E-state index >= 15 is 0 Å². The van der Waals surface area contributed by atoms with Gasteiger partial charge in [-0.25, -0.2) is 4.79 Å². The van der Waals surface area contributed by atoms with Crippen LogP contribution < -0.4 is 10.2 Å². The van der Waals surface area contributed by atoms with E-state index in [9.17, 15) is 14.9 Å². The highest BCUT2D eigenvalue weighted by Crippen LogP contribution is 2.36. The molecule has 1 atom stereocenters. The predicted molar refractivity (Wildman–Crippen MR) is 115 cm³/mol. The third-order valence-electron chi connectivity index (χ3n) is 4.78. The van der Waals surface area contributed by atoms with E-state index in [1.165, 1.54) is 19.2 Å². The Balaban J connectivity index is 2.15. The van der Waals surface area contributed by atoms with Gasteiger partial charge in [0.1, 0.15) is 0 Å². The van der Waals surface area contributed by atoms with E-state index in [0.717, 1.165) is 16.9 Å². The number of hydrogen-bond acceptors (Lipinski definition) is 5. The van der Waals surface area contributed by atoms with Gasteiger partial charge in [-0.15, -0.1) is 0 Å². The number of nitro groups is 1. The van der Waals surface area contributed by atoms with Crippen LogP contribution in [0.4, 0.5) is 11.4 Å². The van der Waals surface area contributed by atoms with Crippen molar-refractivity contribution >= 4 is 34.7 Å². The Labute approximate surface area is 174 Å². The SMILES string of the molecule is CCC1=C(C(=O)OC)[C@H](c2ccc([N+](=O)[O-])cc2)NC(=S)N1c1cccc(C)c1. The smallest absolute Gasteiger partial charge is 0.337 e. The molecule has 1 aliphatic rings. The van der Waals surface area contributed by atoms with Gasteiger partial charge in [-0.3, -0.25) is 15.0 Å². The Morgan fingerprint density at radius 1 is 1.28 bits per heavy atom. The second-order valence-electron chi connectivity index (χ2n) is 6.61. The fourth-order valence-electron chi connectivity index (χ4n) is 3.44. The molecule has 1 heterocycles. The number of nitrogens with one attached hydrogen (secondary N) is 1. The number of nitro benzene ring substituents is 1. The molecular formula is C21H21N3O4S. The number of anilines is 1.